The molecule has 146 valence electrons. The summed E-state index contributed by atoms with van der Waals surface area (Å²) >= 11 is 1.35. The third-order valence-corrected chi connectivity index (χ3v) is 5.41. The third-order valence-electron chi connectivity index (χ3n) is 4.32. The standard InChI is InChI=1S/C22H23NO4S/c1-3-4-7-13-27-16-10-8-9-15(14-16)20(24)23-21-19(22(25)26-2)17-11-5-6-12-18(17)28-21/h5-6,8-12,14H,3-4,7,13H2,1-2H3,(H,23,24). The molecule has 0 aliphatic rings. The van der Waals surface area contributed by atoms with Crippen molar-refractivity contribution in [3.63, 3.8) is 0 Å². The first-order valence-electron chi connectivity index (χ1n) is 9.28. The molecule has 3 aromatic rings. The number of methoxy groups -OCH3 is 1. The lowest BCUT2D eigenvalue weighted by Crippen LogP contribution is -2.14. The molecule has 0 bridgehead atoms. The summed E-state index contributed by atoms with van der Waals surface area (Å²) in [5.41, 5.74) is 0.852. The van der Waals surface area contributed by atoms with Crippen LogP contribution in [0.4, 0.5) is 5.00 Å². The van der Waals surface area contributed by atoms with Gasteiger partial charge in [0.25, 0.3) is 5.91 Å². The van der Waals surface area contributed by atoms with Crippen LogP contribution in [0.2, 0.25) is 0 Å². The summed E-state index contributed by atoms with van der Waals surface area (Å²) in [5.74, 6) is -0.107. The molecule has 6 heteroatoms. The van der Waals surface area contributed by atoms with Crippen molar-refractivity contribution < 1.29 is 19.1 Å². The van der Waals surface area contributed by atoms with E-state index in [1.54, 1.807) is 18.2 Å². The number of nitrogens with one attached hydrogen (secondary N) is 1. The van der Waals surface area contributed by atoms with Gasteiger partial charge in [-0.25, -0.2) is 4.79 Å². The van der Waals surface area contributed by atoms with Crippen molar-refractivity contribution in [2.45, 2.75) is 26.2 Å². The summed E-state index contributed by atoms with van der Waals surface area (Å²) < 4.78 is 11.5. The van der Waals surface area contributed by atoms with E-state index in [0.29, 0.717) is 28.5 Å². The lowest BCUT2D eigenvalue weighted by atomic mass is 10.1. The number of ether oxygens (including phenoxy) is 2. The predicted molar refractivity (Wildman–Crippen MR) is 113 cm³/mol. The number of unbranched alkanes of at least 4 members (excludes halogenated alkanes) is 2. The summed E-state index contributed by atoms with van der Waals surface area (Å²) in [7, 11) is 1.33. The monoisotopic (exact) mass is 397 g/mol. The molecule has 0 atom stereocenters. The minimum Gasteiger partial charge on any atom is -0.494 e. The van der Waals surface area contributed by atoms with Crippen LogP contribution in [-0.4, -0.2) is 25.6 Å². The fraction of sp³-hybridized carbons (Fsp3) is 0.273. The van der Waals surface area contributed by atoms with Crippen molar-refractivity contribution in [3.8, 4) is 5.75 Å². The molecule has 0 saturated carbocycles. The number of hydrogen-bond acceptors (Lipinski definition) is 5. The number of amides is 1. The maximum absolute atomic E-state index is 12.8. The molecule has 0 aliphatic carbocycles. The first-order valence-corrected chi connectivity index (χ1v) is 10.1. The molecule has 28 heavy (non-hydrogen) atoms. The Morgan fingerprint density at radius 2 is 1.89 bits per heavy atom. The molecule has 1 amide bonds. The maximum atomic E-state index is 12.8. The zero-order valence-electron chi connectivity index (χ0n) is 16.0. The second-order valence-electron chi connectivity index (χ2n) is 6.33. The number of fused-ring (bicyclic) bond motifs is 1. The topological polar surface area (TPSA) is 64.6 Å². The fourth-order valence-corrected chi connectivity index (χ4v) is 3.97. The van der Waals surface area contributed by atoms with Gasteiger partial charge in [-0.2, -0.15) is 0 Å². The van der Waals surface area contributed by atoms with Gasteiger partial charge in [0.15, 0.2) is 0 Å². The number of thiophene rings is 1. The fourth-order valence-electron chi connectivity index (χ4n) is 2.88. The quantitative estimate of drug-likeness (QED) is 0.402. The molecular formula is C22H23NO4S. The van der Waals surface area contributed by atoms with Gasteiger partial charge in [-0.3, -0.25) is 4.79 Å². The minimum absolute atomic E-state index is 0.296. The molecular weight excluding hydrogens is 374 g/mol. The van der Waals surface area contributed by atoms with E-state index in [1.165, 1.54) is 18.4 Å². The van der Waals surface area contributed by atoms with Gasteiger partial charge in [0, 0.05) is 15.6 Å². The number of hydrogen-bond donors (Lipinski definition) is 1. The Balaban J connectivity index is 1.80. The van der Waals surface area contributed by atoms with Gasteiger partial charge in [-0.15, -0.1) is 11.3 Å². The van der Waals surface area contributed by atoms with Gasteiger partial charge >= 0.3 is 5.97 Å². The number of rotatable bonds is 8. The van der Waals surface area contributed by atoms with Crippen LogP contribution in [-0.2, 0) is 4.74 Å². The zero-order valence-corrected chi connectivity index (χ0v) is 16.8. The van der Waals surface area contributed by atoms with E-state index in [0.717, 1.165) is 29.3 Å². The maximum Gasteiger partial charge on any atom is 0.341 e. The van der Waals surface area contributed by atoms with E-state index in [2.05, 4.69) is 12.2 Å². The molecule has 0 radical (unpaired) electrons. The molecule has 1 aromatic heterocycles. The average Bonchev–Trinajstić information content (AvgIpc) is 3.08. The second kappa shape index (κ2) is 9.37. The second-order valence-corrected chi connectivity index (χ2v) is 7.38. The van der Waals surface area contributed by atoms with Crippen molar-refractivity contribution in [1.82, 2.24) is 0 Å². The largest absolute Gasteiger partial charge is 0.494 e. The molecule has 0 spiro atoms. The highest BCUT2D eigenvalue weighted by atomic mass is 32.1. The van der Waals surface area contributed by atoms with Crippen molar-refractivity contribution in [1.29, 1.82) is 0 Å². The van der Waals surface area contributed by atoms with Crippen LogP contribution in [0.5, 0.6) is 5.75 Å². The molecule has 0 unspecified atom stereocenters. The Morgan fingerprint density at radius 3 is 2.68 bits per heavy atom. The number of carbonyl (C=O) groups excluding carboxylic acids is 2. The molecule has 0 fully saturated rings. The summed E-state index contributed by atoms with van der Waals surface area (Å²) in [5, 5.41) is 4.10. The summed E-state index contributed by atoms with van der Waals surface area (Å²) in [6.45, 7) is 2.77. The molecule has 0 aliphatic heterocycles. The molecule has 1 N–H and O–H groups in total. The van der Waals surface area contributed by atoms with E-state index in [-0.39, 0.29) is 5.91 Å². The minimum atomic E-state index is -0.472. The highest BCUT2D eigenvalue weighted by Crippen LogP contribution is 2.36. The first kappa shape index (κ1) is 19.9. The van der Waals surface area contributed by atoms with E-state index < -0.39 is 5.97 Å². The van der Waals surface area contributed by atoms with E-state index in [9.17, 15) is 9.59 Å². The molecule has 2 aromatic carbocycles. The lowest BCUT2D eigenvalue weighted by Gasteiger charge is -2.09. The average molecular weight is 397 g/mol. The third kappa shape index (κ3) is 4.51. The Bertz CT molecular complexity index is 980. The zero-order chi connectivity index (χ0) is 19.9. The molecule has 3 rings (SSSR count). The number of esters is 1. The van der Waals surface area contributed by atoms with E-state index in [1.807, 2.05) is 30.3 Å². The van der Waals surface area contributed by atoms with Crippen molar-refractivity contribution in [2.24, 2.45) is 0 Å². The van der Waals surface area contributed by atoms with Gasteiger partial charge in [0.1, 0.15) is 16.3 Å². The summed E-state index contributed by atoms with van der Waals surface area (Å²) in [4.78, 5) is 25.0. The van der Waals surface area contributed by atoms with Crippen molar-refractivity contribution in [3.05, 3.63) is 59.7 Å². The lowest BCUT2D eigenvalue weighted by molar-refractivity contribution is 0.0604. The smallest absolute Gasteiger partial charge is 0.341 e. The summed E-state index contributed by atoms with van der Waals surface area (Å²) in [6, 6.07) is 14.6. The number of anilines is 1. The van der Waals surface area contributed by atoms with Gasteiger partial charge in [0.05, 0.1) is 13.7 Å². The Kier molecular flexibility index (Phi) is 6.66. The van der Waals surface area contributed by atoms with E-state index >= 15 is 0 Å². The number of benzene rings is 2. The van der Waals surface area contributed by atoms with Crippen LogP contribution in [0.15, 0.2) is 48.5 Å². The highest BCUT2D eigenvalue weighted by molar-refractivity contribution is 7.23. The highest BCUT2D eigenvalue weighted by Gasteiger charge is 2.21. The normalized spacial score (nSPS) is 10.6. The number of carbonyl (C=O) groups is 2. The Hall–Kier alpha value is -2.86. The van der Waals surface area contributed by atoms with Crippen molar-refractivity contribution >= 4 is 38.3 Å². The van der Waals surface area contributed by atoms with Gasteiger partial charge in [0.2, 0.25) is 0 Å². The van der Waals surface area contributed by atoms with Crippen LogP contribution in [0.3, 0.4) is 0 Å². The Labute approximate surface area is 168 Å². The van der Waals surface area contributed by atoms with Crippen LogP contribution in [0.25, 0.3) is 10.1 Å². The van der Waals surface area contributed by atoms with Gasteiger partial charge < -0.3 is 14.8 Å². The molecule has 0 saturated heterocycles. The summed E-state index contributed by atoms with van der Waals surface area (Å²) in [6.07, 6.45) is 3.23. The van der Waals surface area contributed by atoms with Crippen LogP contribution < -0.4 is 10.1 Å². The van der Waals surface area contributed by atoms with E-state index in [4.69, 9.17) is 9.47 Å². The predicted octanol–water partition coefficient (Wildman–Crippen LogP) is 5.51. The van der Waals surface area contributed by atoms with Crippen molar-refractivity contribution in [2.75, 3.05) is 19.0 Å². The van der Waals surface area contributed by atoms with Crippen LogP contribution >= 0.6 is 11.3 Å². The molecule has 1 heterocycles. The van der Waals surface area contributed by atoms with Gasteiger partial charge in [-0.05, 0) is 30.7 Å². The first-order chi connectivity index (χ1) is 13.6. The van der Waals surface area contributed by atoms with Crippen LogP contribution in [0, 0.1) is 0 Å². The molecule has 5 nitrogen and oxygen atoms in total. The van der Waals surface area contributed by atoms with Crippen LogP contribution in [0.1, 0.15) is 46.9 Å². The Morgan fingerprint density at radius 1 is 1.07 bits per heavy atom. The van der Waals surface area contributed by atoms with Gasteiger partial charge in [-0.1, -0.05) is 44.0 Å². The SMILES string of the molecule is CCCCCOc1cccc(C(=O)Nc2sc3ccccc3c2C(=O)OC)c1.